The first-order valence-electron chi connectivity index (χ1n) is 5.38. The van der Waals surface area contributed by atoms with Crippen molar-refractivity contribution in [3.8, 4) is 11.6 Å². The highest BCUT2D eigenvalue weighted by atomic mass is 79.9. The summed E-state index contributed by atoms with van der Waals surface area (Å²) in [5, 5.41) is 0. The third kappa shape index (κ3) is 5.37. The summed E-state index contributed by atoms with van der Waals surface area (Å²) < 4.78 is 17.1. The van der Waals surface area contributed by atoms with Crippen LogP contribution in [0.3, 0.4) is 0 Å². The number of halogens is 1. The van der Waals surface area contributed by atoms with Gasteiger partial charge in [-0.1, -0.05) is 0 Å². The Labute approximate surface area is 110 Å². The van der Waals surface area contributed by atoms with Crippen LogP contribution in [0.4, 0.5) is 0 Å². The minimum Gasteiger partial charge on any atom is -0.491 e. The van der Waals surface area contributed by atoms with Crippen LogP contribution in [0.15, 0.2) is 16.7 Å². The SMILES string of the molecule is COc1cc(Br)cnc1OCCOC(C)(C)C. The van der Waals surface area contributed by atoms with Gasteiger partial charge in [0, 0.05) is 16.7 Å². The van der Waals surface area contributed by atoms with Gasteiger partial charge in [0.15, 0.2) is 5.75 Å². The molecule has 1 heterocycles. The van der Waals surface area contributed by atoms with Gasteiger partial charge in [-0.05, 0) is 36.7 Å². The van der Waals surface area contributed by atoms with E-state index in [2.05, 4.69) is 20.9 Å². The maximum Gasteiger partial charge on any atom is 0.257 e. The lowest BCUT2D eigenvalue weighted by Gasteiger charge is -2.19. The van der Waals surface area contributed by atoms with E-state index >= 15 is 0 Å². The molecule has 1 aromatic rings. The fourth-order valence-corrected chi connectivity index (χ4v) is 1.46. The Morgan fingerprint density at radius 3 is 2.59 bits per heavy atom. The van der Waals surface area contributed by atoms with Crippen LogP contribution in [-0.2, 0) is 4.74 Å². The van der Waals surface area contributed by atoms with Crippen LogP contribution in [0, 0.1) is 0 Å². The lowest BCUT2D eigenvalue weighted by molar-refractivity contribution is -0.0170. The number of ether oxygens (including phenoxy) is 3. The van der Waals surface area contributed by atoms with Crippen LogP contribution in [0.5, 0.6) is 11.6 Å². The minimum atomic E-state index is -0.152. The smallest absolute Gasteiger partial charge is 0.257 e. The topological polar surface area (TPSA) is 40.6 Å². The maximum absolute atomic E-state index is 5.55. The van der Waals surface area contributed by atoms with Crippen molar-refractivity contribution in [1.29, 1.82) is 0 Å². The van der Waals surface area contributed by atoms with E-state index in [9.17, 15) is 0 Å². The highest BCUT2D eigenvalue weighted by Crippen LogP contribution is 2.27. The third-order valence-electron chi connectivity index (χ3n) is 1.86. The van der Waals surface area contributed by atoms with Gasteiger partial charge in [0.05, 0.1) is 19.3 Å². The van der Waals surface area contributed by atoms with Gasteiger partial charge < -0.3 is 14.2 Å². The molecule has 0 fully saturated rings. The number of nitrogens with zero attached hydrogens (tertiary/aromatic N) is 1. The van der Waals surface area contributed by atoms with E-state index in [0.29, 0.717) is 24.8 Å². The van der Waals surface area contributed by atoms with Gasteiger partial charge in [0.2, 0.25) is 0 Å². The van der Waals surface area contributed by atoms with Gasteiger partial charge in [-0.2, -0.15) is 0 Å². The van der Waals surface area contributed by atoms with E-state index in [1.807, 2.05) is 26.8 Å². The summed E-state index contributed by atoms with van der Waals surface area (Å²) in [6, 6.07) is 1.81. The van der Waals surface area contributed by atoms with Crippen LogP contribution in [-0.4, -0.2) is 30.9 Å². The Morgan fingerprint density at radius 2 is 2.00 bits per heavy atom. The van der Waals surface area contributed by atoms with Crippen LogP contribution in [0.1, 0.15) is 20.8 Å². The quantitative estimate of drug-likeness (QED) is 0.784. The zero-order valence-corrected chi connectivity index (χ0v) is 12.2. The number of methoxy groups -OCH3 is 1. The van der Waals surface area contributed by atoms with Crippen molar-refractivity contribution in [3.05, 3.63) is 16.7 Å². The van der Waals surface area contributed by atoms with Gasteiger partial charge in [0.1, 0.15) is 6.61 Å². The number of pyridine rings is 1. The van der Waals surface area contributed by atoms with Gasteiger partial charge in [-0.25, -0.2) is 4.98 Å². The Bertz CT molecular complexity index is 363. The second kappa shape index (κ2) is 6.21. The largest absolute Gasteiger partial charge is 0.491 e. The second-order valence-electron chi connectivity index (χ2n) is 4.47. The van der Waals surface area contributed by atoms with Crippen molar-refractivity contribution in [2.45, 2.75) is 26.4 Å². The molecule has 0 spiro atoms. The van der Waals surface area contributed by atoms with Crippen LogP contribution >= 0.6 is 15.9 Å². The number of aromatic nitrogens is 1. The van der Waals surface area contributed by atoms with Crippen LogP contribution < -0.4 is 9.47 Å². The first-order chi connectivity index (χ1) is 7.92. The molecule has 0 saturated carbocycles. The molecule has 17 heavy (non-hydrogen) atoms. The zero-order valence-electron chi connectivity index (χ0n) is 10.6. The van der Waals surface area contributed by atoms with Crippen molar-refractivity contribution < 1.29 is 14.2 Å². The van der Waals surface area contributed by atoms with Crippen molar-refractivity contribution in [2.75, 3.05) is 20.3 Å². The molecule has 0 aliphatic rings. The van der Waals surface area contributed by atoms with E-state index in [1.165, 1.54) is 0 Å². The lowest BCUT2D eigenvalue weighted by atomic mass is 10.2. The third-order valence-corrected chi connectivity index (χ3v) is 2.30. The maximum atomic E-state index is 5.55. The Kier molecular flexibility index (Phi) is 5.21. The molecule has 0 radical (unpaired) electrons. The molecule has 0 atom stereocenters. The number of hydrogen-bond acceptors (Lipinski definition) is 4. The number of hydrogen-bond donors (Lipinski definition) is 0. The van der Waals surface area contributed by atoms with Crippen molar-refractivity contribution in [2.24, 2.45) is 0 Å². The fraction of sp³-hybridized carbons (Fsp3) is 0.583. The normalized spacial score (nSPS) is 11.4. The molecule has 1 aromatic heterocycles. The summed E-state index contributed by atoms with van der Waals surface area (Å²) in [6.45, 7) is 6.98. The molecule has 4 nitrogen and oxygen atoms in total. The van der Waals surface area contributed by atoms with Crippen molar-refractivity contribution >= 4 is 15.9 Å². The minimum absolute atomic E-state index is 0.152. The van der Waals surface area contributed by atoms with Gasteiger partial charge in [-0.3, -0.25) is 0 Å². The van der Waals surface area contributed by atoms with Crippen LogP contribution in [0.25, 0.3) is 0 Å². The highest BCUT2D eigenvalue weighted by molar-refractivity contribution is 9.10. The van der Waals surface area contributed by atoms with E-state index in [0.717, 1.165) is 4.47 Å². The molecule has 0 aromatic carbocycles. The standard InChI is InChI=1S/C12H18BrNO3/c1-12(2,3)17-6-5-16-11-10(15-4)7-9(13)8-14-11/h7-8H,5-6H2,1-4H3. The molecular weight excluding hydrogens is 286 g/mol. The van der Waals surface area contributed by atoms with Crippen LogP contribution in [0.2, 0.25) is 0 Å². The zero-order chi connectivity index (χ0) is 12.9. The highest BCUT2D eigenvalue weighted by Gasteiger charge is 2.10. The van der Waals surface area contributed by atoms with E-state index in [-0.39, 0.29) is 5.60 Å². The summed E-state index contributed by atoms with van der Waals surface area (Å²) in [5.74, 6) is 1.09. The van der Waals surface area contributed by atoms with Gasteiger partial charge in [-0.15, -0.1) is 0 Å². The molecule has 0 aliphatic heterocycles. The molecule has 96 valence electrons. The fourth-order valence-electron chi connectivity index (χ4n) is 1.15. The van der Waals surface area contributed by atoms with Crippen molar-refractivity contribution in [1.82, 2.24) is 4.98 Å². The molecule has 0 amide bonds. The Hall–Kier alpha value is -0.810. The summed E-state index contributed by atoms with van der Waals surface area (Å²) in [6.07, 6.45) is 1.67. The summed E-state index contributed by atoms with van der Waals surface area (Å²) in [4.78, 5) is 4.13. The average Bonchev–Trinajstić information content (AvgIpc) is 2.24. The van der Waals surface area contributed by atoms with Gasteiger partial charge in [0.25, 0.3) is 5.88 Å². The molecule has 1 rings (SSSR count). The van der Waals surface area contributed by atoms with E-state index < -0.39 is 0 Å². The molecule has 0 unspecified atom stereocenters. The second-order valence-corrected chi connectivity index (χ2v) is 5.39. The first-order valence-corrected chi connectivity index (χ1v) is 6.18. The monoisotopic (exact) mass is 303 g/mol. The molecule has 0 aliphatic carbocycles. The summed E-state index contributed by atoms with van der Waals surface area (Å²) in [7, 11) is 1.59. The average molecular weight is 304 g/mol. The molecule has 0 bridgehead atoms. The van der Waals surface area contributed by atoms with E-state index in [4.69, 9.17) is 14.2 Å². The summed E-state index contributed by atoms with van der Waals surface area (Å²) in [5.41, 5.74) is -0.152. The first kappa shape index (κ1) is 14.3. The summed E-state index contributed by atoms with van der Waals surface area (Å²) >= 11 is 3.32. The van der Waals surface area contributed by atoms with Crippen molar-refractivity contribution in [3.63, 3.8) is 0 Å². The lowest BCUT2D eigenvalue weighted by Crippen LogP contribution is -2.22. The molecule has 5 heteroatoms. The predicted octanol–water partition coefficient (Wildman–Crippen LogP) is 3.05. The molecule has 0 saturated heterocycles. The number of rotatable bonds is 5. The Balaban J connectivity index is 2.46. The molecule has 0 N–H and O–H groups in total. The van der Waals surface area contributed by atoms with E-state index in [1.54, 1.807) is 13.3 Å². The Morgan fingerprint density at radius 1 is 1.29 bits per heavy atom. The molecular formula is C12H18BrNO3. The predicted molar refractivity (Wildman–Crippen MR) is 69.7 cm³/mol. The van der Waals surface area contributed by atoms with Gasteiger partial charge >= 0.3 is 0 Å².